The van der Waals surface area contributed by atoms with Crippen LogP contribution in [0.2, 0.25) is 0 Å². The number of rotatable bonds is 6. The van der Waals surface area contributed by atoms with Gasteiger partial charge in [-0.3, -0.25) is 0 Å². The van der Waals surface area contributed by atoms with Gasteiger partial charge in [-0.1, -0.05) is 32.9 Å². The van der Waals surface area contributed by atoms with Crippen LogP contribution in [0.3, 0.4) is 0 Å². The summed E-state index contributed by atoms with van der Waals surface area (Å²) in [7, 11) is -1.88. The fourth-order valence-corrected chi connectivity index (χ4v) is 5.62. The average Bonchev–Trinajstić information content (AvgIpc) is 3.37. The van der Waals surface area contributed by atoms with Crippen molar-refractivity contribution in [2.45, 2.75) is 50.0 Å². The zero-order chi connectivity index (χ0) is 22.2. The first kappa shape index (κ1) is 21.9. The first-order valence-corrected chi connectivity index (χ1v) is 12.1. The SMILES string of the molecule is COCCn1c([C@@H]2CCN(S(=O)(=O)c3ccc(C(C)(C)C)cc3)C2)nc2cccnc21. The van der Waals surface area contributed by atoms with E-state index in [1.54, 1.807) is 29.7 Å². The second kappa shape index (κ2) is 8.33. The number of aromatic nitrogens is 3. The molecule has 31 heavy (non-hydrogen) atoms. The van der Waals surface area contributed by atoms with Gasteiger partial charge in [-0.15, -0.1) is 0 Å². The van der Waals surface area contributed by atoms with Gasteiger partial charge in [-0.25, -0.2) is 18.4 Å². The van der Waals surface area contributed by atoms with Crippen LogP contribution in [0.1, 0.15) is 44.5 Å². The van der Waals surface area contributed by atoms with Crippen LogP contribution < -0.4 is 0 Å². The highest BCUT2D eigenvalue weighted by atomic mass is 32.2. The molecule has 0 aliphatic carbocycles. The summed E-state index contributed by atoms with van der Waals surface area (Å²) in [4.78, 5) is 9.62. The molecule has 0 N–H and O–H groups in total. The Kier molecular flexibility index (Phi) is 5.89. The Labute approximate surface area is 184 Å². The number of benzene rings is 1. The number of methoxy groups -OCH3 is 1. The second-order valence-corrected chi connectivity index (χ2v) is 11.0. The number of hydrogen-bond acceptors (Lipinski definition) is 5. The summed E-state index contributed by atoms with van der Waals surface area (Å²) in [5.41, 5.74) is 2.74. The Balaban J connectivity index is 1.59. The molecule has 1 aliphatic heterocycles. The summed E-state index contributed by atoms with van der Waals surface area (Å²) in [5, 5.41) is 0. The Bertz CT molecular complexity index is 1160. The van der Waals surface area contributed by atoms with E-state index in [2.05, 4.69) is 30.3 Å². The lowest BCUT2D eigenvalue weighted by molar-refractivity contribution is 0.187. The smallest absolute Gasteiger partial charge is 0.243 e. The van der Waals surface area contributed by atoms with Gasteiger partial charge in [0.15, 0.2) is 5.65 Å². The lowest BCUT2D eigenvalue weighted by Crippen LogP contribution is -2.29. The number of hydrogen-bond donors (Lipinski definition) is 0. The van der Waals surface area contributed by atoms with E-state index >= 15 is 0 Å². The van der Waals surface area contributed by atoms with Crippen LogP contribution in [-0.4, -0.2) is 54.1 Å². The molecule has 1 aliphatic rings. The van der Waals surface area contributed by atoms with Gasteiger partial charge in [0.2, 0.25) is 10.0 Å². The van der Waals surface area contributed by atoms with Crippen LogP contribution in [0.4, 0.5) is 0 Å². The van der Waals surface area contributed by atoms with Crippen molar-refractivity contribution in [2.75, 3.05) is 26.8 Å². The Morgan fingerprint density at radius 2 is 1.90 bits per heavy atom. The minimum atomic E-state index is -3.55. The highest BCUT2D eigenvalue weighted by Crippen LogP contribution is 2.33. The maximum absolute atomic E-state index is 13.3. The van der Waals surface area contributed by atoms with E-state index in [1.165, 1.54) is 0 Å². The lowest BCUT2D eigenvalue weighted by Gasteiger charge is -2.21. The zero-order valence-corrected chi connectivity index (χ0v) is 19.4. The van der Waals surface area contributed by atoms with E-state index in [0.717, 1.165) is 29.0 Å². The number of pyridine rings is 1. The molecule has 0 spiro atoms. The summed E-state index contributed by atoms with van der Waals surface area (Å²) in [6.45, 7) is 8.43. The molecule has 0 unspecified atom stereocenters. The summed E-state index contributed by atoms with van der Waals surface area (Å²) in [5.74, 6) is 0.904. The second-order valence-electron chi connectivity index (χ2n) is 9.08. The maximum Gasteiger partial charge on any atom is 0.243 e. The van der Waals surface area contributed by atoms with E-state index < -0.39 is 10.0 Å². The molecule has 0 amide bonds. The van der Waals surface area contributed by atoms with Gasteiger partial charge in [0.1, 0.15) is 11.3 Å². The van der Waals surface area contributed by atoms with Gasteiger partial charge in [-0.2, -0.15) is 4.31 Å². The summed E-state index contributed by atoms with van der Waals surface area (Å²) in [6.07, 6.45) is 2.49. The first-order chi connectivity index (χ1) is 14.7. The van der Waals surface area contributed by atoms with Crippen LogP contribution >= 0.6 is 0 Å². The minimum absolute atomic E-state index is 0.0175. The number of imidazole rings is 1. The van der Waals surface area contributed by atoms with E-state index in [1.807, 2.05) is 24.3 Å². The number of sulfonamides is 1. The predicted octanol–water partition coefficient (Wildman–Crippen LogP) is 3.55. The zero-order valence-electron chi connectivity index (χ0n) is 18.6. The third-order valence-electron chi connectivity index (χ3n) is 5.93. The molecule has 4 rings (SSSR count). The molecule has 1 atom stereocenters. The van der Waals surface area contributed by atoms with E-state index in [9.17, 15) is 8.42 Å². The number of nitrogens with zero attached hydrogens (tertiary/aromatic N) is 4. The first-order valence-electron chi connectivity index (χ1n) is 10.6. The highest BCUT2D eigenvalue weighted by molar-refractivity contribution is 7.89. The van der Waals surface area contributed by atoms with Crippen LogP contribution in [0.5, 0.6) is 0 Å². The highest BCUT2D eigenvalue weighted by Gasteiger charge is 2.35. The fraction of sp³-hybridized carbons (Fsp3) is 0.478. The van der Waals surface area contributed by atoms with Crippen molar-refractivity contribution in [3.05, 3.63) is 54.0 Å². The molecule has 3 heterocycles. The lowest BCUT2D eigenvalue weighted by atomic mass is 9.87. The predicted molar refractivity (Wildman–Crippen MR) is 121 cm³/mol. The van der Waals surface area contributed by atoms with Crippen molar-refractivity contribution in [1.82, 2.24) is 18.8 Å². The van der Waals surface area contributed by atoms with Crippen molar-refractivity contribution >= 4 is 21.2 Å². The van der Waals surface area contributed by atoms with Gasteiger partial charge < -0.3 is 9.30 Å². The quantitative estimate of drug-likeness (QED) is 0.583. The molecule has 166 valence electrons. The molecular weight excluding hydrogens is 412 g/mol. The van der Waals surface area contributed by atoms with Crippen molar-refractivity contribution in [3.63, 3.8) is 0 Å². The van der Waals surface area contributed by atoms with Gasteiger partial charge >= 0.3 is 0 Å². The van der Waals surface area contributed by atoms with Crippen molar-refractivity contribution < 1.29 is 13.2 Å². The normalized spacial score (nSPS) is 18.1. The molecule has 1 saturated heterocycles. The summed E-state index contributed by atoms with van der Waals surface area (Å²) < 4.78 is 35.4. The Morgan fingerprint density at radius 1 is 1.16 bits per heavy atom. The van der Waals surface area contributed by atoms with Crippen LogP contribution in [0.15, 0.2) is 47.5 Å². The van der Waals surface area contributed by atoms with Crippen molar-refractivity contribution in [3.8, 4) is 0 Å². The largest absolute Gasteiger partial charge is 0.383 e. The molecule has 3 aromatic rings. The summed E-state index contributed by atoms with van der Waals surface area (Å²) >= 11 is 0. The van der Waals surface area contributed by atoms with Crippen molar-refractivity contribution in [1.29, 1.82) is 0 Å². The minimum Gasteiger partial charge on any atom is -0.383 e. The molecule has 0 radical (unpaired) electrons. The third kappa shape index (κ3) is 4.24. The maximum atomic E-state index is 13.3. The molecular formula is C23H30N4O3S. The molecule has 2 aromatic heterocycles. The van der Waals surface area contributed by atoms with Gasteiger partial charge in [0.05, 0.1) is 11.5 Å². The third-order valence-corrected chi connectivity index (χ3v) is 7.81. The van der Waals surface area contributed by atoms with E-state index in [0.29, 0.717) is 31.1 Å². The van der Waals surface area contributed by atoms with Crippen LogP contribution in [0.25, 0.3) is 11.2 Å². The van der Waals surface area contributed by atoms with E-state index in [4.69, 9.17) is 9.72 Å². The fourth-order valence-electron chi connectivity index (χ4n) is 4.12. The monoisotopic (exact) mass is 442 g/mol. The molecule has 1 aromatic carbocycles. The van der Waals surface area contributed by atoms with Gasteiger partial charge in [0, 0.05) is 38.9 Å². The Hall–Kier alpha value is -2.29. The molecule has 0 bridgehead atoms. The number of ether oxygens (including phenoxy) is 1. The topological polar surface area (TPSA) is 77.3 Å². The standard InChI is InChI=1S/C23H30N4O3S/c1-23(2,3)18-7-9-19(10-8-18)31(28,29)26-13-11-17(16-26)21-25-20-6-5-12-24-22(20)27(21)14-15-30-4/h5-10,12,17H,11,13-16H2,1-4H3/t17-/m1/s1. The van der Waals surface area contributed by atoms with Crippen LogP contribution in [-0.2, 0) is 26.7 Å². The van der Waals surface area contributed by atoms with Gasteiger partial charge in [-0.05, 0) is 41.7 Å². The van der Waals surface area contributed by atoms with E-state index in [-0.39, 0.29) is 11.3 Å². The molecule has 0 saturated carbocycles. The summed E-state index contributed by atoms with van der Waals surface area (Å²) in [6, 6.07) is 11.1. The molecule has 1 fully saturated rings. The Morgan fingerprint density at radius 3 is 2.58 bits per heavy atom. The average molecular weight is 443 g/mol. The van der Waals surface area contributed by atoms with Crippen LogP contribution in [0, 0.1) is 0 Å². The van der Waals surface area contributed by atoms with Crippen molar-refractivity contribution in [2.24, 2.45) is 0 Å². The number of fused-ring (bicyclic) bond motifs is 1. The molecule has 8 heteroatoms. The molecule has 7 nitrogen and oxygen atoms in total. The van der Waals surface area contributed by atoms with Gasteiger partial charge in [0.25, 0.3) is 0 Å².